The van der Waals surface area contributed by atoms with Crippen LogP contribution in [0.3, 0.4) is 0 Å². The fraction of sp³-hybridized carbons (Fsp3) is 0.500. The second-order valence-corrected chi connectivity index (χ2v) is 2.21. The average Bonchev–Trinajstić information content (AvgIpc) is 2.33. The zero-order valence-electron chi connectivity index (χ0n) is 5.09. The summed E-state index contributed by atoms with van der Waals surface area (Å²) in [5.41, 5.74) is 2.46. The first-order valence-corrected chi connectivity index (χ1v) is 3.11. The number of nitrogens with zero attached hydrogens (tertiary/aromatic N) is 2. The van der Waals surface area contributed by atoms with Gasteiger partial charge in [0.15, 0.2) is 0 Å². The largest absolute Gasteiger partial charge is 0.285 e. The van der Waals surface area contributed by atoms with Crippen molar-refractivity contribution >= 4 is 0 Å². The van der Waals surface area contributed by atoms with Gasteiger partial charge in [-0.2, -0.15) is 5.10 Å². The first kappa shape index (κ1) is 4.99. The summed E-state index contributed by atoms with van der Waals surface area (Å²) in [6, 6.07) is 0. The fourth-order valence-corrected chi connectivity index (χ4v) is 1.08. The van der Waals surface area contributed by atoms with E-state index in [1.54, 1.807) is 0 Å². The van der Waals surface area contributed by atoms with Crippen molar-refractivity contribution in [2.75, 3.05) is 6.54 Å². The second-order valence-electron chi connectivity index (χ2n) is 2.21. The van der Waals surface area contributed by atoms with E-state index in [2.05, 4.69) is 15.5 Å². The van der Waals surface area contributed by atoms with Crippen molar-refractivity contribution in [3.8, 4) is 0 Å². The molecule has 9 heavy (non-hydrogen) atoms. The Bertz CT molecular complexity index is 183. The van der Waals surface area contributed by atoms with Crippen LogP contribution in [0.1, 0.15) is 11.3 Å². The molecule has 47 valence electrons. The summed E-state index contributed by atoms with van der Waals surface area (Å²) in [4.78, 5) is 0. The van der Waals surface area contributed by atoms with Crippen LogP contribution in [0.2, 0.25) is 0 Å². The lowest BCUT2D eigenvalue weighted by atomic mass is 10.1. The Morgan fingerprint density at radius 2 is 2.56 bits per heavy atom. The molecule has 1 N–H and O–H groups in total. The Kier molecular flexibility index (Phi) is 1.02. The van der Waals surface area contributed by atoms with Crippen molar-refractivity contribution in [3.63, 3.8) is 0 Å². The van der Waals surface area contributed by atoms with Gasteiger partial charge in [0, 0.05) is 31.3 Å². The van der Waals surface area contributed by atoms with Crippen molar-refractivity contribution in [1.82, 2.24) is 15.5 Å². The van der Waals surface area contributed by atoms with Crippen LogP contribution in [0.4, 0.5) is 0 Å². The molecule has 1 aromatic rings. The Hall–Kier alpha value is -0.830. The number of fused-ring (bicyclic) bond motifs is 1. The van der Waals surface area contributed by atoms with E-state index >= 15 is 0 Å². The van der Waals surface area contributed by atoms with E-state index in [-0.39, 0.29) is 0 Å². The summed E-state index contributed by atoms with van der Waals surface area (Å²) in [5, 5.41) is 11.1. The molecule has 0 saturated carbocycles. The fourth-order valence-electron chi connectivity index (χ4n) is 1.08. The van der Waals surface area contributed by atoms with Gasteiger partial charge in [-0.1, -0.05) is 0 Å². The van der Waals surface area contributed by atoms with E-state index in [4.69, 9.17) is 0 Å². The van der Waals surface area contributed by atoms with Gasteiger partial charge < -0.3 is 0 Å². The van der Waals surface area contributed by atoms with Crippen LogP contribution in [0.15, 0.2) is 6.20 Å². The van der Waals surface area contributed by atoms with Crippen LogP contribution in [0.5, 0.6) is 0 Å². The van der Waals surface area contributed by atoms with Crippen molar-refractivity contribution in [1.29, 1.82) is 0 Å². The Morgan fingerprint density at radius 3 is 3.44 bits per heavy atom. The standard InChI is InChI=1S/C6H8N3/c1-2-7-3-5-4-8-9-6(1)5/h4H,1-3H2,(H,8,9). The molecule has 0 aliphatic carbocycles. The highest BCUT2D eigenvalue weighted by atomic mass is 15.1. The summed E-state index contributed by atoms with van der Waals surface area (Å²) in [5.74, 6) is 0. The number of hydrogen-bond acceptors (Lipinski definition) is 1. The minimum absolute atomic E-state index is 0.853. The van der Waals surface area contributed by atoms with Crippen molar-refractivity contribution < 1.29 is 0 Å². The number of nitrogens with one attached hydrogen (secondary N) is 1. The maximum absolute atomic E-state index is 4.23. The van der Waals surface area contributed by atoms with E-state index in [0.717, 1.165) is 19.5 Å². The molecule has 0 atom stereocenters. The average molecular weight is 122 g/mol. The van der Waals surface area contributed by atoms with E-state index in [0.29, 0.717) is 0 Å². The van der Waals surface area contributed by atoms with Gasteiger partial charge in [0.1, 0.15) is 0 Å². The van der Waals surface area contributed by atoms with Gasteiger partial charge in [-0.25, -0.2) is 5.32 Å². The molecule has 2 rings (SSSR count). The third kappa shape index (κ3) is 0.733. The predicted octanol–water partition coefficient (Wildman–Crippen LogP) is 0.0702. The van der Waals surface area contributed by atoms with Crippen molar-refractivity contribution in [3.05, 3.63) is 17.5 Å². The van der Waals surface area contributed by atoms with Gasteiger partial charge >= 0.3 is 0 Å². The molecule has 0 bridgehead atoms. The molecule has 0 aromatic carbocycles. The normalized spacial score (nSPS) is 17.3. The van der Waals surface area contributed by atoms with Gasteiger partial charge in [0.05, 0.1) is 5.69 Å². The molecular formula is C6H8N3. The summed E-state index contributed by atoms with van der Waals surface area (Å²) >= 11 is 0. The quantitative estimate of drug-likeness (QED) is 0.520. The number of hydrogen-bond donors (Lipinski definition) is 1. The highest BCUT2D eigenvalue weighted by Gasteiger charge is 2.09. The molecule has 0 saturated heterocycles. The van der Waals surface area contributed by atoms with Crippen LogP contribution in [0, 0.1) is 0 Å². The SMILES string of the molecule is c1[nH]nc2c1C[N]CC2. The predicted molar refractivity (Wildman–Crippen MR) is 33.0 cm³/mol. The zero-order chi connectivity index (χ0) is 6.10. The highest BCUT2D eigenvalue weighted by Crippen LogP contribution is 2.08. The molecule has 0 unspecified atom stereocenters. The van der Waals surface area contributed by atoms with Gasteiger partial charge in [-0.15, -0.1) is 0 Å². The second kappa shape index (κ2) is 1.84. The molecule has 0 amide bonds. The Balaban J connectivity index is 2.39. The monoisotopic (exact) mass is 122 g/mol. The minimum atomic E-state index is 0.853. The molecule has 1 aliphatic rings. The highest BCUT2D eigenvalue weighted by molar-refractivity contribution is 5.18. The van der Waals surface area contributed by atoms with Crippen LogP contribution in [-0.4, -0.2) is 16.7 Å². The van der Waals surface area contributed by atoms with E-state index < -0.39 is 0 Å². The number of H-pyrrole nitrogens is 1. The maximum atomic E-state index is 4.23. The van der Waals surface area contributed by atoms with Gasteiger partial charge in [0.25, 0.3) is 0 Å². The van der Waals surface area contributed by atoms with E-state index in [9.17, 15) is 0 Å². The minimum Gasteiger partial charge on any atom is -0.285 e. The lowest BCUT2D eigenvalue weighted by molar-refractivity contribution is 0.624. The Morgan fingerprint density at radius 1 is 1.56 bits per heavy atom. The molecular weight excluding hydrogens is 114 g/mol. The summed E-state index contributed by atoms with van der Waals surface area (Å²) < 4.78 is 0. The maximum Gasteiger partial charge on any atom is 0.0680 e. The molecule has 1 aliphatic heterocycles. The third-order valence-electron chi connectivity index (χ3n) is 1.60. The van der Waals surface area contributed by atoms with Gasteiger partial charge in [-0.05, 0) is 0 Å². The van der Waals surface area contributed by atoms with E-state index in [1.807, 2.05) is 6.20 Å². The van der Waals surface area contributed by atoms with Crippen molar-refractivity contribution in [2.24, 2.45) is 0 Å². The zero-order valence-corrected chi connectivity index (χ0v) is 5.09. The van der Waals surface area contributed by atoms with Gasteiger partial charge in [0.2, 0.25) is 0 Å². The summed E-state index contributed by atoms with van der Waals surface area (Å²) in [6.07, 6.45) is 2.94. The number of aromatic nitrogens is 2. The number of rotatable bonds is 0. The van der Waals surface area contributed by atoms with Crippen LogP contribution >= 0.6 is 0 Å². The molecule has 3 nitrogen and oxygen atoms in total. The van der Waals surface area contributed by atoms with Gasteiger partial charge in [-0.3, -0.25) is 5.10 Å². The molecule has 2 heterocycles. The molecule has 1 radical (unpaired) electrons. The molecule has 3 heteroatoms. The topological polar surface area (TPSA) is 42.8 Å². The van der Waals surface area contributed by atoms with Crippen molar-refractivity contribution in [2.45, 2.75) is 13.0 Å². The van der Waals surface area contributed by atoms with Crippen LogP contribution < -0.4 is 5.32 Å². The summed E-state index contributed by atoms with van der Waals surface area (Å²) in [7, 11) is 0. The van der Waals surface area contributed by atoms with Crippen LogP contribution in [0.25, 0.3) is 0 Å². The van der Waals surface area contributed by atoms with Crippen LogP contribution in [-0.2, 0) is 13.0 Å². The Labute approximate surface area is 53.5 Å². The molecule has 0 fully saturated rings. The lowest BCUT2D eigenvalue weighted by Gasteiger charge is -2.07. The lowest BCUT2D eigenvalue weighted by Crippen LogP contribution is -2.16. The van der Waals surface area contributed by atoms with E-state index in [1.165, 1.54) is 11.3 Å². The molecule has 1 aromatic heterocycles. The first-order valence-electron chi connectivity index (χ1n) is 3.11. The smallest absolute Gasteiger partial charge is 0.0680 e. The summed E-state index contributed by atoms with van der Waals surface area (Å²) in [6.45, 7) is 1.80. The number of aromatic amines is 1. The first-order chi connectivity index (χ1) is 4.47. The third-order valence-corrected chi connectivity index (χ3v) is 1.60. The molecule has 0 spiro atoms.